The molecule has 1 saturated heterocycles. The summed E-state index contributed by atoms with van der Waals surface area (Å²) in [5.41, 5.74) is 3.30. The van der Waals surface area contributed by atoms with Gasteiger partial charge in [-0.3, -0.25) is 19.3 Å². The minimum Gasteiger partial charge on any atom is -0.493 e. The molecule has 7 nitrogen and oxygen atoms in total. The summed E-state index contributed by atoms with van der Waals surface area (Å²) in [6.07, 6.45) is 1.59. The second kappa shape index (κ2) is 12.7. The molecule has 10 heteroatoms. The fraction of sp³-hybridized carbons (Fsp3) is 0.207. The molecular weight excluding hydrogens is 604 g/mol. The largest absolute Gasteiger partial charge is 0.493 e. The lowest BCUT2D eigenvalue weighted by atomic mass is 10.0. The zero-order chi connectivity index (χ0) is 28.1. The van der Waals surface area contributed by atoms with E-state index in [0.717, 1.165) is 27.8 Å². The average Bonchev–Trinajstić information content (AvgIpc) is 3.16. The summed E-state index contributed by atoms with van der Waals surface area (Å²) < 4.78 is 12.1. The molecule has 3 amide bonds. The molecule has 1 aliphatic heterocycles. The minimum absolute atomic E-state index is 0.206. The van der Waals surface area contributed by atoms with E-state index in [2.05, 4.69) is 35.1 Å². The Kier molecular flexibility index (Phi) is 9.37. The summed E-state index contributed by atoms with van der Waals surface area (Å²) in [4.78, 5) is 39.2. The highest BCUT2D eigenvalue weighted by molar-refractivity contribution is 9.10. The van der Waals surface area contributed by atoms with Crippen LogP contribution < -0.4 is 14.8 Å². The molecule has 202 valence electrons. The first-order valence-electron chi connectivity index (χ1n) is 12.0. The first-order valence-corrected chi connectivity index (χ1v) is 14.0. The van der Waals surface area contributed by atoms with Crippen LogP contribution in [0.3, 0.4) is 0 Å². The predicted octanol–water partition coefficient (Wildman–Crippen LogP) is 7.49. The third-order valence-corrected chi connectivity index (χ3v) is 7.63. The van der Waals surface area contributed by atoms with Crippen molar-refractivity contribution in [3.8, 4) is 11.5 Å². The Morgan fingerprint density at radius 3 is 2.44 bits per heavy atom. The highest BCUT2D eigenvalue weighted by Gasteiger charge is 2.36. The summed E-state index contributed by atoms with van der Waals surface area (Å²) in [5, 5.41) is 2.87. The lowest BCUT2D eigenvalue weighted by Gasteiger charge is -2.14. The van der Waals surface area contributed by atoms with Crippen LogP contribution in [0.15, 0.2) is 70.0 Å². The van der Waals surface area contributed by atoms with E-state index >= 15 is 0 Å². The van der Waals surface area contributed by atoms with Gasteiger partial charge in [-0.05, 0) is 92.8 Å². The molecule has 0 atom stereocenters. The summed E-state index contributed by atoms with van der Waals surface area (Å²) in [6.45, 7) is 4.09. The van der Waals surface area contributed by atoms with Crippen molar-refractivity contribution >= 4 is 68.1 Å². The smallest absolute Gasteiger partial charge is 0.294 e. The third kappa shape index (κ3) is 7.23. The number of carbonyl (C=O) groups is 3. The number of hydrogen-bond donors (Lipinski definition) is 1. The zero-order valence-corrected chi connectivity index (χ0v) is 24.7. The molecule has 1 heterocycles. The number of benzene rings is 3. The maximum Gasteiger partial charge on any atom is 0.294 e. The summed E-state index contributed by atoms with van der Waals surface area (Å²) >= 11 is 10.2. The van der Waals surface area contributed by atoms with Crippen molar-refractivity contribution in [2.45, 2.75) is 26.4 Å². The topological polar surface area (TPSA) is 84.9 Å². The van der Waals surface area contributed by atoms with Gasteiger partial charge in [-0.2, -0.15) is 0 Å². The van der Waals surface area contributed by atoms with Crippen molar-refractivity contribution in [1.82, 2.24) is 4.90 Å². The Hall–Kier alpha value is -3.27. The van der Waals surface area contributed by atoms with Crippen molar-refractivity contribution in [2.24, 2.45) is 0 Å². The van der Waals surface area contributed by atoms with Gasteiger partial charge in [-0.25, -0.2) is 0 Å². The van der Waals surface area contributed by atoms with Crippen molar-refractivity contribution in [3.63, 3.8) is 0 Å². The highest BCUT2D eigenvalue weighted by Crippen LogP contribution is 2.39. The molecule has 0 radical (unpaired) electrons. The SMILES string of the molecule is COc1cc(/C=C2/SC(=O)N(CC(=O)Nc3ccc(C(C)C)cc3)C2=O)cc(Br)c1OCc1ccc(Cl)cc1. The maximum absolute atomic E-state index is 13.0. The Morgan fingerprint density at radius 1 is 1.10 bits per heavy atom. The number of ether oxygens (including phenoxy) is 2. The van der Waals surface area contributed by atoms with Gasteiger partial charge < -0.3 is 14.8 Å². The number of amides is 3. The van der Waals surface area contributed by atoms with E-state index in [0.29, 0.717) is 44.8 Å². The average molecular weight is 630 g/mol. The normalized spacial score (nSPS) is 14.3. The van der Waals surface area contributed by atoms with Gasteiger partial charge in [-0.15, -0.1) is 0 Å². The fourth-order valence-corrected chi connectivity index (χ4v) is 5.32. The molecule has 0 saturated carbocycles. The summed E-state index contributed by atoms with van der Waals surface area (Å²) in [6, 6.07) is 18.3. The molecule has 0 bridgehead atoms. The predicted molar refractivity (Wildman–Crippen MR) is 158 cm³/mol. The van der Waals surface area contributed by atoms with Crippen LogP contribution in [0.5, 0.6) is 11.5 Å². The third-order valence-electron chi connectivity index (χ3n) is 5.88. The van der Waals surface area contributed by atoms with Crippen LogP contribution in [-0.4, -0.2) is 35.6 Å². The van der Waals surface area contributed by atoms with Gasteiger partial charge in [0.05, 0.1) is 16.5 Å². The fourth-order valence-electron chi connectivity index (χ4n) is 3.78. The minimum atomic E-state index is -0.534. The highest BCUT2D eigenvalue weighted by atomic mass is 79.9. The van der Waals surface area contributed by atoms with Crippen LogP contribution in [0.1, 0.15) is 36.5 Å². The van der Waals surface area contributed by atoms with Crippen LogP contribution >= 0.6 is 39.3 Å². The molecule has 0 spiro atoms. The van der Waals surface area contributed by atoms with Crippen molar-refractivity contribution in [3.05, 3.63) is 91.8 Å². The first kappa shape index (κ1) is 28.7. The van der Waals surface area contributed by atoms with Gasteiger partial charge in [0.25, 0.3) is 11.1 Å². The molecular formula is C29H26BrClN2O5S. The van der Waals surface area contributed by atoms with Crippen LogP contribution in [0.2, 0.25) is 5.02 Å². The lowest BCUT2D eigenvalue weighted by molar-refractivity contribution is -0.127. The molecule has 1 aliphatic rings. The Balaban J connectivity index is 1.44. The number of methoxy groups -OCH3 is 1. The Labute approximate surface area is 244 Å². The molecule has 3 aromatic carbocycles. The van der Waals surface area contributed by atoms with Crippen LogP contribution in [0, 0.1) is 0 Å². The van der Waals surface area contributed by atoms with E-state index in [9.17, 15) is 14.4 Å². The van der Waals surface area contributed by atoms with Gasteiger partial charge in [0.1, 0.15) is 13.2 Å². The second-order valence-electron chi connectivity index (χ2n) is 9.04. The maximum atomic E-state index is 13.0. The molecule has 0 unspecified atom stereocenters. The van der Waals surface area contributed by atoms with Crippen LogP contribution in [0.25, 0.3) is 6.08 Å². The van der Waals surface area contributed by atoms with Crippen molar-refractivity contribution < 1.29 is 23.9 Å². The number of imide groups is 1. The summed E-state index contributed by atoms with van der Waals surface area (Å²) in [5.74, 6) is 0.328. The molecule has 3 aromatic rings. The van der Waals surface area contributed by atoms with Crippen LogP contribution in [0.4, 0.5) is 10.5 Å². The zero-order valence-electron chi connectivity index (χ0n) is 21.5. The number of nitrogens with zero attached hydrogens (tertiary/aromatic N) is 1. The number of hydrogen-bond acceptors (Lipinski definition) is 6. The number of thioether (sulfide) groups is 1. The van der Waals surface area contributed by atoms with E-state index in [1.807, 2.05) is 24.3 Å². The second-order valence-corrected chi connectivity index (χ2v) is 11.3. The standard InChI is InChI=1S/C29H26BrClN2O5S/c1-17(2)20-6-10-22(11-7-20)32-26(34)15-33-28(35)25(39-29(33)36)14-19-12-23(30)27(24(13-19)37-3)38-16-18-4-8-21(31)9-5-18/h4-14,17H,15-16H2,1-3H3,(H,32,34)/b25-14+. The number of carbonyl (C=O) groups excluding carboxylic acids is 3. The molecule has 39 heavy (non-hydrogen) atoms. The number of anilines is 1. The van der Waals surface area contributed by atoms with E-state index in [4.69, 9.17) is 21.1 Å². The monoisotopic (exact) mass is 628 g/mol. The number of rotatable bonds is 9. The molecule has 4 rings (SSSR count). The molecule has 1 fully saturated rings. The van der Waals surface area contributed by atoms with Gasteiger partial charge >= 0.3 is 0 Å². The number of nitrogens with one attached hydrogen (secondary N) is 1. The van der Waals surface area contributed by atoms with Crippen molar-refractivity contribution in [1.29, 1.82) is 0 Å². The van der Waals surface area contributed by atoms with Gasteiger partial charge in [0, 0.05) is 10.7 Å². The van der Waals surface area contributed by atoms with E-state index in [1.165, 1.54) is 7.11 Å². The Bertz CT molecular complexity index is 1420. The first-order chi connectivity index (χ1) is 18.6. The lowest BCUT2D eigenvalue weighted by Crippen LogP contribution is -2.36. The summed E-state index contributed by atoms with van der Waals surface area (Å²) in [7, 11) is 1.52. The molecule has 0 aromatic heterocycles. The van der Waals surface area contributed by atoms with Crippen LogP contribution in [-0.2, 0) is 16.2 Å². The molecule has 0 aliphatic carbocycles. The van der Waals surface area contributed by atoms with Gasteiger partial charge in [0.2, 0.25) is 5.91 Å². The van der Waals surface area contributed by atoms with Gasteiger partial charge in [-0.1, -0.05) is 49.7 Å². The molecule has 1 N–H and O–H groups in total. The quantitative estimate of drug-likeness (QED) is 0.247. The Morgan fingerprint density at radius 2 is 1.79 bits per heavy atom. The van der Waals surface area contributed by atoms with Crippen molar-refractivity contribution in [2.75, 3.05) is 19.0 Å². The van der Waals surface area contributed by atoms with E-state index < -0.39 is 17.1 Å². The van der Waals surface area contributed by atoms with E-state index in [-0.39, 0.29) is 11.4 Å². The number of halogens is 2. The van der Waals surface area contributed by atoms with E-state index in [1.54, 1.807) is 42.5 Å². The van der Waals surface area contributed by atoms with Gasteiger partial charge in [0.15, 0.2) is 11.5 Å².